The lowest BCUT2D eigenvalue weighted by molar-refractivity contribution is -0.384. The third-order valence-corrected chi connectivity index (χ3v) is 5.66. The van der Waals surface area contributed by atoms with Crippen molar-refractivity contribution in [2.75, 3.05) is 31.6 Å². The van der Waals surface area contributed by atoms with E-state index in [4.69, 9.17) is 9.47 Å². The highest BCUT2D eigenvalue weighted by atomic mass is 32.2. The van der Waals surface area contributed by atoms with Crippen LogP contribution in [0.4, 0.5) is 11.4 Å². The van der Waals surface area contributed by atoms with Crippen LogP contribution in [0.15, 0.2) is 47.4 Å². The Morgan fingerprint density at radius 3 is 2.48 bits per heavy atom. The van der Waals surface area contributed by atoms with Crippen LogP contribution in [-0.2, 0) is 9.59 Å². The van der Waals surface area contributed by atoms with Gasteiger partial charge in [-0.3, -0.25) is 19.7 Å². The van der Waals surface area contributed by atoms with Crippen LogP contribution in [-0.4, -0.2) is 53.2 Å². The van der Waals surface area contributed by atoms with Crippen LogP contribution in [0.2, 0.25) is 0 Å². The van der Waals surface area contributed by atoms with Gasteiger partial charge in [-0.2, -0.15) is 0 Å². The van der Waals surface area contributed by atoms with Crippen molar-refractivity contribution in [2.45, 2.75) is 24.0 Å². The monoisotopic (exact) mass is 445 g/mol. The van der Waals surface area contributed by atoms with Crippen LogP contribution >= 0.6 is 11.8 Å². The maximum Gasteiger partial charge on any atom is 0.269 e. The van der Waals surface area contributed by atoms with Gasteiger partial charge < -0.3 is 19.7 Å². The molecule has 0 fully saturated rings. The molecule has 1 heterocycles. The van der Waals surface area contributed by atoms with E-state index in [1.54, 1.807) is 44.2 Å². The molecule has 0 saturated heterocycles. The first-order valence-electron chi connectivity index (χ1n) is 9.76. The Kier molecular flexibility index (Phi) is 7.35. The summed E-state index contributed by atoms with van der Waals surface area (Å²) in [5, 5.41) is 13.1. The third kappa shape index (κ3) is 5.88. The van der Waals surface area contributed by atoms with Crippen molar-refractivity contribution in [3.05, 3.63) is 52.6 Å². The number of nitro benzene ring substituents is 1. The number of likely N-dealkylation sites (N-methyl/N-ethyl adjacent to an activating group) is 1. The van der Waals surface area contributed by atoms with E-state index in [9.17, 15) is 19.7 Å². The molecule has 2 amide bonds. The molecule has 1 aliphatic rings. The van der Waals surface area contributed by atoms with E-state index < -0.39 is 10.2 Å². The number of hydrogen-bond acceptors (Lipinski definition) is 7. The summed E-state index contributed by atoms with van der Waals surface area (Å²) in [6.07, 6.45) is 0. The minimum absolute atomic E-state index is 0.00525. The van der Waals surface area contributed by atoms with Crippen molar-refractivity contribution in [3.8, 4) is 11.5 Å². The van der Waals surface area contributed by atoms with Crippen molar-refractivity contribution in [3.63, 3.8) is 0 Å². The number of amides is 2. The van der Waals surface area contributed by atoms with E-state index in [2.05, 4.69) is 5.32 Å². The summed E-state index contributed by atoms with van der Waals surface area (Å²) in [4.78, 5) is 37.8. The smallest absolute Gasteiger partial charge is 0.269 e. The van der Waals surface area contributed by atoms with Crippen LogP contribution in [0.3, 0.4) is 0 Å². The lowest BCUT2D eigenvalue weighted by Gasteiger charge is -2.24. The molecule has 3 rings (SSSR count). The molecule has 10 heteroatoms. The Morgan fingerprint density at radius 2 is 1.84 bits per heavy atom. The van der Waals surface area contributed by atoms with E-state index in [-0.39, 0.29) is 24.0 Å². The van der Waals surface area contributed by atoms with Gasteiger partial charge in [0.15, 0.2) is 11.5 Å². The van der Waals surface area contributed by atoms with Crippen molar-refractivity contribution in [1.82, 2.24) is 4.90 Å². The molecule has 1 atom stereocenters. The summed E-state index contributed by atoms with van der Waals surface area (Å²) < 4.78 is 11.0. The van der Waals surface area contributed by atoms with Gasteiger partial charge in [0.25, 0.3) is 5.69 Å². The fraction of sp³-hybridized carbons (Fsp3) is 0.333. The van der Waals surface area contributed by atoms with Crippen LogP contribution < -0.4 is 14.8 Å². The second kappa shape index (κ2) is 10.2. The van der Waals surface area contributed by atoms with Crippen molar-refractivity contribution < 1.29 is 24.0 Å². The van der Waals surface area contributed by atoms with Gasteiger partial charge in [0.1, 0.15) is 13.2 Å². The molecule has 0 saturated carbocycles. The highest BCUT2D eigenvalue weighted by Crippen LogP contribution is 2.32. The highest BCUT2D eigenvalue weighted by molar-refractivity contribution is 8.00. The maximum atomic E-state index is 12.8. The average molecular weight is 445 g/mol. The fourth-order valence-corrected chi connectivity index (χ4v) is 3.95. The summed E-state index contributed by atoms with van der Waals surface area (Å²) in [5.74, 6) is 0.690. The predicted molar refractivity (Wildman–Crippen MR) is 117 cm³/mol. The Hall–Kier alpha value is -3.27. The average Bonchev–Trinajstić information content (AvgIpc) is 2.77. The quantitative estimate of drug-likeness (QED) is 0.377. The molecule has 164 valence electrons. The maximum absolute atomic E-state index is 12.8. The number of non-ortho nitro benzene ring substituents is 1. The minimum atomic E-state index is -0.470. The number of carbonyl (C=O) groups excluding carboxylic acids is 2. The Morgan fingerprint density at radius 1 is 1.16 bits per heavy atom. The van der Waals surface area contributed by atoms with Gasteiger partial charge in [0, 0.05) is 35.3 Å². The number of anilines is 1. The van der Waals surface area contributed by atoms with Crippen molar-refractivity contribution in [2.24, 2.45) is 0 Å². The van der Waals surface area contributed by atoms with Crippen LogP contribution in [0.1, 0.15) is 13.8 Å². The van der Waals surface area contributed by atoms with Crippen molar-refractivity contribution >= 4 is 35.0 Å². The second-order valence-electron chi connectivity index (χ2n) is 6.77. The summed E-state index contributed by atoms with van der Waals surface area (Å²) >= 11 is 1.29. The number of rotatable bonds is 8. The summed E-state index contributed by atoms with van der Waals surface area (Å²) in [7, 11) is 0. The van der Waals surface area contributed by atoms with Gasteiger partial charge >= 0.3 is 0 Å². The molecule has 31 heavy (non-hydrogen) atoms. The first-order valence-corrected chi connectivity index (χ1v) is 10.6. The van der Waals surface area contributed by atoms with Crippen LogP contribution in [0, 0.1) is 10.1 Å². The molecular formula is C21H23N3O6S. The van der Waals surface area contributed by atoms with E-state index in [0.717, 1.165) is 4.90 Å². The number of nitrogens with zero attached hydrogens (tertiary/aromatic N) is 2. The molecule has 9 nitrogen and oxygen atoms in total. The van der Waals surface area contributed by atoms with Gasteiger partial charge in [-0.25, -0.2) is 0 Å². The SMILES string of the molecule is CCN(CC(=O)Nc1ccc2c(c1)OCCO2)C(=O)C(C)Sc1ccc([N+](=O)[O-])cc1. The standard InChI is InChI=1S/C21H23N3O6S/c1-3-23(21(26)14(2)31-17-7-5-16(6-8-17)24(27)28)13-20(25)22-15-4-9-18-19(12-15)30-11-10-29-18/h4-9,12,14H,3,10-11,13H2,1-2H3,(H,22,25). The van der Waals surface area contributed by atoms with E-state index in [1.807, 2.05) is 0 Å². The molecule has 0 aromatic heterocycles. The molecule has 1 N–H and O–H groups in total. The minimum Gasteiger partial charge on any atom is -0.486 e. The molecule has 1 aliphatic heterocycles. The summed E-state index contributed by atoms with van der Waals surface area (Å²) in [6, 6.07) is 11.2. The van der Waals surface area contributed by atoms with Gasteiger partial charge in [-0.1, -0.05) is 0 Å². The number of carbonyl (C=O) groups is 2. The molecule has 1 unspecified atom stereocenters. The molecule has 2 aromatic rings. The number of ether oxygens (including phenoxy) is 2. The summed E-state index contributed by atoms with van der Waals surface area (Å²) in [5.41, 5.74) is 0.556. The second-order valence-corrected chi connectivity index (χ2v) is 8.18. The number of fused-ring (bicyclic) bond motifs is 1. The number of benzene rings is 2. The molecule has 0 bridgehead atoms. The first kappa shape index (κ1) is 22.4. The van der Waals surface area contributed by atoms with Gasteiger partial charge in [-0.15, -0.1) is 11.8 Å². The lowest BCUT2D eigenvalue weighted by Crippen LogP contribution is -2.41. The van der Waals surface area contributed by atoms with Gasteiger partial charge in [0.05, 0.1) is 16.7 Å². The van der Waals surface area contributed by atoms with Gasteiger partial charge in [0.2, 0.25) is 11.8 Å². The van der Waals surface area contributed by atoms with Crippen molar-refractivity contribution in [1.29, 1.82) is 0 Å². The van der Waals surface area contributed by atoms with E-state index >= 15 is 0 Å². The zero-order valence-electron chi connectivity index (χ0n) is 17.2. The summed E-state index contributed by atoms with van der Waals surface area (Å²) in [6.45, 7) is 4.77. The van der Waals surface area contributed by atoms with E-state index in [0.29, 0.717) is 36.9 Å². The highest BCUT2D eigenvalue weighted by Gasteiger charge is 2.23. The van der Waals surface area contributed by atoms with Crippen LogP contribution in [0.25, 0.3) is 0 Å². The number of hydrogen-bond donors (Lipinski definition) is 1. The molecule has 0 radical (unpaired) electrons. The predicted octanol–water partition coefficient (Wildman–Crippen LogP) is 3.33. The fourth-order valence-electron chi connectivity index (χ4n) is 3.00. The number of nitrogens with one attached hydrogen (secondary N) is 1. The molecular weight excluding hydrogens is 422 g/mol. The number of nitro groups is 1. The Labute approximate surface area is 183 Å². The largest absolute Gasteiger partial charge is 0.486 e. The first-order chi connectivity index (χ1) is 14.9. The normalized spacial score (nSPS) is 13.2. The van der Waals surface area contributed by atoms with Crippen LogP contribution in [0.5, 0.6) is 11.5 Å². The Bertz CT molecular complexity index is 966. The zero-order valence-corrected chi connectivity index (χ0v) is 18.0. The van der Waals surface area contributed by atoms with Gasteiger partial charge in [-0.05, 0) is 38.1 Å². The molecule has 0 spiro atoms. The third-order valence-electron chi connectivity index (χ3n) is 4.56. The lowest BCUT2D eigenvalue weighted by atomic mass is 10.2. The zero-order chi connectivity index (χ0) is 22.4. The topological polar surface area (TPSA) is 111 Å². The molecule has 2 aromatic carbocycles. The molecule has 0 aliphatic carbocycles. The Balaban J connectivity index is 1.57. The van der Waals surface area contributed by atoms with E-state index in [1.165, 1.54) is 28.8 Å². The number of thioether (sulfide) groups is 1.